The molecule has 0 bridgehead atoms. The summed E-state index contributed by atoms with van der Waals surface area (Å²) >= 11 is 0. The molecule has 1 nitrogen and oxygen atoms in total. The highest BCUT2D eigenvalue weighted by molar-refractivity contribution is 6.04. The number of carbonyl (C=O) groups excluding carboxylic acids is 1. The Morgan fingerprint density at radius 3 is 2.12 bits per heavy atom. The first-order chi connectivity index (χ1) is 12.3. The summed E-state index contributed by atoms with van der Waals surface area (Å²) < 4.78 is 38.4. The molecule has 0 aromatic heterocycles. The molecule has 0 saturated heterocycles. The minimum absolute atomic E-state index is 0.205. The number of rotatable bonds is 7. The van der Waals surface area contributed by atoms with Gasteiger partial charge in [0.15, 0.2) is 5.78 Å². The molecule has 0 fully saturated rings. The lowest BCUT2D eigenvalue weighted by molar-refractivity contribution is -0.137. The summed E-state index contributed by atoms with van der Waals surface area (Å²) in [5.74, 6) is 2.37. The number of benzene rings is 2. The van der Waals surface area contributed by atoms with Gasteiger partial charge in [-0.3, -0.25) is 4.79 Å². The highest BCUT2D eigenvalue weighted by Crippen LogP contribution is 2.38. The van der Waals surface area contributed by atoms with Crippen LogP contribution in [0.15, 0.2) is 54.6 Å². The molecule has 136 valence electrons. The van der Waals surface area contributed by atoms with Crippen LogP contribution in [0.2, 0.25) is 0 Å². The third-order valence-corrected chi connectivity index (χ3v) is 4.60. The van der Waals surface area contributed by atoms with Gasteiger partial charge >= 0.3 is 6.18 Å². The lowest BCUT2D eigenvalue weighted by Gasteiger charge is -2.31. The molecule has 0 heterocycles. The highest BCUT2D eigenvalue weighted by Gasteiger charge is 2.39. The fourth-order valence-corrected chi connectivity index (χ4v) is 3.16. The molecule has 0 radical (unpaired) electrons. The van der Waals surface area contributed by atoms with E-state index >= 15 is 0 Å². The number of hydrogen-bond donors (Lipinski definition) is 0. The van der Waals surface area contributed by atoms with E-state index in [9.17, 15) is 18.0 Å². The van der Waals surface area contributed by atoms with Crippen molar-refractivity contribution in [3.63, 3.8) is 0 Å². The smallest absolute Gasteiger partial charge is 0.293 e. The van der Waals surface area contributed by atoms with Gasteiger partial charge in [-0.2, -0.15) is 13.2 Å². The largest absolute Gasteiger partial charge is 0.416 e. The summed E-state index contributed by atoms with van der Waals surface area (Å²) in [5.41, 5.74) is -0.652. The van der Waals surface area contributed by atoms with Gasteiger partial charge in [0.25, 0.3) is 0 Å². The lowest BCUT2D eigenvalue weighted by Crippen LogP contribution is -2.36. The van der Waals surface area contributed by atoms with Gasteiger partial charge in [0.05, 0.1) is 11.0 Å². The Kier molecular flexibility index (Phi) is 6.26. The van der Waals surface area contributed by atoms with Crippen LogP contribution in [0.1, 0.15) is 54.1 Å². The average Bonchev–Trinajstić information content (AvgIpc) is 2.65. The van der Waals surface area contributed by atoms with Gasteiger partial charge < -0.3 is 0 Å². The Bertz CT molecular complexity index is 770. The zero-order valence-corrected chi connectivity index (χ0v) is 14.6. The third-order valence-electron chi connectivity index (χ3n) is 4.60. The predicted molar refractivity (Wildman–Crippen MR) is 96.9 cm³/mol. The SMILES string of the molecule is C#CCC(CCCC)(C(=O)c1ccc(C(F)(F)F)cc1)c1ccccc1. The molecule has 0 spiro atoms. The maximum atomic E-state index is 13.3. The van der Waals surface area contributed by atoms with E-state index in [1.165, 1.54) is 12.1 Å². The van der Waals surface area contributed by atoms with Crippen molar-refractivity contribution in [3.8, 4) is 12.3 Å². The van der Waals surface area contributed by atoms with Crippen molar-refractivity contribution in [3.05, 3.63) is 71.3 Å². The normalized spacial score (nSPS) is 13.7. The maximum absolute atomic E-state index is 13.3. The zero-order chi connectivity index (χ0) is 19.2. The van der Waals surface area contributed by atoms with Crippen molar-refractivity contribution in [2.45, 2.75) is 44.2 Å². The quantitative estimate of drug-likeness (QED) is 0.436. The van der Waals surface area contributed by atoms with E-state index in [0.717, 1.165) is 30.5 Å². The maximum Gasteiger partial charge on any atom is 0.416 e. The predicted octanol–water partition coefficient (Wildman–Crippen LogP) is 6.04. The van der Waals surface area contributed by atoms with Crippen LogP contribution < -0.4 is 0 Å². The van der Waals surface area contributed by atoms with E-state index in [-0.39, 0.29) is 17.8 Å². The first-order valence-electron chi connectivity index (χ1n) is 8.56. The number of hydrogen-bond acceptors (Lipinski definition) is 1. The number of ketones is 1. The van der Waals surface area contributed by atoms with Gasteiger partial charge in [0.1, 0.15) is 0 Å². The fraction of sp³-hybridized carbons (Fsp3) is 0.318. The molecule has 1 atom stereocenters. The molecule has 26 heavy (non-hydrogen) atoms. The van der Waals surface area contributed by atoms with Crippen LogP contribution in [0.4, 0.5) is 13.2 Å². The average molecular weight is 358 g/mol. The first-order valence-corrected chi connectivity index (χ1v) is 8.56. The summed E-state index contributed by atoms with van der Waals surface area (Å²) in [6, 6.07) is 13.6. The number of terminal acetylenes is 1. The molecule has 2 rings (SSSR count). The molecular formula is C22H21F3O. The van der Waals surface area contributed by atoms with Gasteiger partial charge in [-0.25, -0.2) is 0 Å². The van der Waals surface area contributed by atoms with Crippen LogP contribution in [0.25, 0.3) is 0 Å². The van der Waals surface area contributed by atoms with E-state index in [0.29, 0.717) is 6.42 Å². The summed E-state index contributed by atoms with van der Waals surface area (Å²) in [6.45, 7) is 2.02. The van der Waals surface area contributed by atoms with Crippen molar-refractivity contribution in [1.29, 1.82) is 0 Å². The molecule has 1 unspecified atom stereocenters. The number of unbranched alkanes of at least 4 members (excludes halogenated alkanes) is 1. The molecule has 0 aliphatic carbocycles. The van der Waals surface area contributed by atoms with Gasteiger partial charge in [-0.15, -0.1) is 12.3 Å². The first kappa shape index (κ1) is 19.8. The summed E-state index contributed by atoms with van der Waals surface area (Å²) in [5, 5.41) is 0. The Morgan fingerprint density at radius 1 is 1.00 bits per heavy atom. The van der Waals surface area contributed by atoms with Crippen molar-refractivity contribution in [2.24, 2.45) is 0 Å². The van der Waals surface area contributed by atoms with Gasteiger partial charge in [0, 0.05) is 12.0 Å². The van der Waals surface area contributed by atoms with E-state index in [1.807, 2.05) is 37.3 Å². The summed E-state index contributed by atoms with van der Waals surface area (Å²) in [4.78, 5) is 13.3. The summed E-state index contributed by atoms with van der Waals surface area (Å²) in [7, 11) is 0. The van der Waals surface area contributed by atoms with Crippen molar-refractivity contribution >= 4 is 5.78 Å². The van der Waals surface area contributed by atoms with Gasteiger partial charge in [-0.1, -0.05) is 62.2 Å². The van der Waals surface area contributed by atoms with Crippen molar-refractivity contribution in [2.75, 3.05) is 0 Å². The van der Waals surface area contributed by atoms with E-state index in [4.69, 9.17) is 6.42 Å². The second-order valence-electron chi connectivity index (χ2n) is 6.34. The lowest BCUT2D eigenvalue weighted by atomic mass is 9.69. The van der Waals surface area contributed by atoms with Gasteiger partial charge in [-0.05, 0) is 24.1 Å². The monoisotopic (exact) mass is 358 g/mol. The van der Waals surface area contributed by atoms with Crippen LogP contribution in [0.5, 0.6) is 0 Å². The van der Waals surface area contributed by atoms with Crippen LogP contribution in [-0.2, 0) is 11.6 Å². The van der Waals surface area contributed by atoms with E-state index < -0.39 is 17.2 Å². The Balaban J connectivity index is 2.50. The highest BCUT2D eigenvalue weighted by atomic mass is 19.4. The number of alkyl halides is 3. The molecule has 0 aliphatic heterocycles. The molecule has 2 aromatic rings. The Hall–Kier alpha value is -2.54. The minimum atomic E-state index is -4.43. The molecule has 0 N–H and O–H groups in total. The molecular weight excluding hydrogens is 337 g/mol. The van der Waals surface area contributed by atoms with Crippen LogP contribution in [0.3, 0.4) is 0 Å². The molecule has 4 heteroatoms. The molecule has 2 aromatic carbocycles. The number of halogens is 3. The standard InChI is InChI=1S/C22H21F3O/c1-3-5-16-21(15-4-2,18-9-7-6-8-10-18)20(26)17-11-13-19(14-12-17)22(23,24)25/h2,6-14H,3,5,15-16H2,1H3. The fourth-order valence-electron chi connectivity index (χ4n) is 3.16. The van der Waals surface area contributed by atoms with Crippen molar-refractivity contribution in [1.82, 2.24) is 0 Å². The topological polar surface area (TPSA) is 17.1 Å². The van der Waals surface area contributed by atoms with E-state index in [2.05, 4.69) is 5.92 Å². The Labute approximate surface area is 152 Å². The van der Waals surface area contributed by atoms with Gasteiger partial charge in [0.2, 0.25) is 0 Å². The van der Waals surface area contributed by atoms with Crippen molar-refractivity contribution < 1.29 is 18.0 Å². The van der Waals surface area contributed by atoms with Crippen LogP contribution >= 0.6 is 0 Å². The Morgan fingerprint density at radius 2 is 1.62 bits per heavy atom. The molecule has 0 saturated carbocycles. The minimum Gasteiger partial charge on any atom is -0.293 e. The third kappa shape index (κ3) is 4.16. The van der Waals surface area contributed by atoms with Crippen LogP contribution in [-0.4, -0.2) is 5.78 Å². The zero-order valence-electron chi connectivity index (χ0n) is 14.6. The number of Topliss-reactive ketones (excluding diaryl/α,β-unsaturated/α-hetero) is 1. The molecule has 0 amide bonds. The number of carbonyl (C=O) groups is 1. The molecule has 0 aliphatic rings. The second kappa shape index (κ2) is 8.23. The van der Waals surface area contributed by atoms with Crippen LogP contribution in [0, 0.1) is 12.3 Å². The van der Waals surface area contributed by atoms with E-state index in [1.54, 1.807) is 0 Å². The second-order valence-corrected chi connectivity index (χ2v) is 6.34. The summed E-state index contributed by atoms with van der Waals surface area (Å²) in [6.07, 6.45) is 3.58.